The van der Waals surface area contributed by atoms with Crippen molar-refractivity contribution in [2.75, 3.05) is 13.2 Å². The summed E-state index contributed by atoms with van der Waals surface area (Å²) in [5, 5.41) is 21.8. The summed E-state index contributed by atoms with van der Waals surface area (Å²) in [6.45, 7) is -0.569. The summed E-state index contributed by atoms with van der Waals surface area (Å²) >= 11 is 1.13. The highest BCUT2D eigenvalue weighted by Crippen LogP contribution is 2.42. The first-order valence-electron chi connectivity index (χ1n) is 10.7. The number of benzene rings is 3. The van der Waals surface area contributed by atoms with Crippen LogP contribution in [0.4, 0.5) is 0 Å². The maximum atomic E-state index is 12.6. The second-order valence-electron chi connectivity index (χ2n) is 7.73. The number of aliphatic hydroxyl groups excluding tert-OH is 2. The Morgan fingerprint density at radius 2 is 1.38 bits per heavy atom. The molecule has 1 aliphatic heterocycles. The van der Waals surface area contributed by atoms with Crippen molar-refractivity contribution < 1.29 is 34.0 Å². The van der Waals surface area contributed by atoms with Gasteiger partial charge in [-0.25, -0.2) is 9.59 Å². The van der Waals surface area contributed by atoms with Gasteiger partial charge in [-0.15, -0.1) is 0 Å². The van der Waals surface area contributed by atoms with Crippen molar-refractivity contribution in [1.82, 2.24) is 0 Å². The molecule has 0 saturated carbocycles. The zero-order valence-corrected chi connectivity index (χ0v) is 19.0. The number of rotatable bonds is 7. The minimum absolute atomic E-state index is 0.230. The van der Waals surface area contributed by atoms with Crippen LogP contribution < -0.4 is 0 Å². The van der Waals surface area contributed by atoms with E-state index in [1.165, 1.54) is 0 Å². The minimum atomic E-state index is -1.52. The van der Waals surface area contributed by atoms with Gasteiger partial charge < -0.3 is 24.4 Å². The Hall–Kier alpha value is -3.17. The van der Waals surface area contributed by atoms with Crippen LogP contribution in [0.1, 0.15) is 20.7 Å². The van der Waals surface area contributed by atoms with Crippen molar-refractivity contribution >= 4 is 23.7 Å². The molecule has 1 saturated heterocycles. The molecule has 0 aliphatic carbocycles. The second-order valence-corrected chi connectivity index (χ2v) is 9.09. The molecule has 1 aliphatic rings. The summed E-state index contributed by atoms with van der Waals surface area (Å²) in [4.78, 5) is 24.5. The summed E-state index contributed by atoms with van der Waals surface area (Å²) in [6, 6.07) is 25.9. The zero-order valence-electron chi connectivity index (χ0n) is 18.2. The van der Waals surface area contributed by atoms with Crippen LogP contribution in [0.25, 0.3) is 0 Å². The number of aliphatic hydroxyl groups is 2. The Kier molecular flexibility index (Phi) is 7.64. The normalized spacial score (nSPS) is 24.2. The fraction of sp³-hybridized carbons (Fsp3) is 0.231. The van der Waals surface area contributed by atoms with Crippen molar-refractivity contribution in [3.05, 3.63) is 102 Å². The highest BCUT2D eigenvalue weighted by Gasteiger charge is 2.53. The third kappa shape index (κ3) is 5.48. The van der Waals surface area contributed by atoms with Crippen LogP contribution in [-0.2, 0) is 14.2 Å². The molecule has 176 valence electrons. The van der Waals surface area contributed by atoms with E-state index in [-0.39, 0.29) is 18.8 Å². The van der Waals surface area contributed by atoms with Crippen molar-refractivity contribution in [3.8, 4) is 0 Å². The first kappa shape index (κ1) is 24.0. The van der Waals surface area contributed by atoms with E-state index in [1.807, 2.05) is 30.3 Å². The van der Waals surface area contributed by atoms with Gasteiger partial charge in [-0.3, -0.25) is 0 Å². The van der Waals surface area contributed by atoms with Crippen LogP contribution in [-0.4, -0.2) is 58.6 Å². The smallest absolute Gasteiger partial charge is 0.338 e. The third-order valence-corrected chi connectivity index (χ3v) is 6.67. The summed E-state index contributed by atoms with van der Waals surface area (Å²) in [6.07, 6.45) is -4.07. The molecule has 4 rings (SSSR count). The number of ether oxygens (including phenoxy) is 3. The van der Waals surface area contributed by atoms with Gasteiger partial charge >= 0.3 is 11.9 Å². The van der Waals surface area contributed by atoms with Crippen LogP contribution >= 0.6 is 11.8 Å². The first-order valence-corrected chi connectivity index (χ1v) is 11.5. The van der Waals surface area contributed by atoms with E-state index in [1.54, 1.807) is 60.7 Å². The Balaban J connectivity index is 1.58. The van der Waals surface area contributed by atoms with Crippen LogP contribution in [0, 0.1) is 0 Å². The Bertz CT molecular complexity index is 1090. The van der Waals surface area contributed by atoms with Crippen molar-refractivity contribution in [2.45, 2.75) is 28.1 Å². The minimum Gasteiger partial charge on any atom is -0.458 e. The molecule has 3 aromatic rings. The van der Waals surface area contributed by atoms with Gasteiger partial charge in [0.25, 0.3) is 0 Å². The van der Waals surface area contributed by atoms with Crippen LogP contribution in [0.5, 0.6) is 0 Å². The fourth-order valence-corrected chi connectivity index (χ4v) is 4.73. The van der Waals surface area contributed by atoms with E-state index in [2.05, 4.69) is 0 Å². The van der Waals surface area contributed by atoms with Gasteiger partial charge in [-0.1, -0.05) is 66.4 Å². The van der Waals surface area contributed by atoms with Crippen LogP contribution in [0.3, 0.4) is 0 Å². The second kappa shape index (κ2) is 10.8. The summed E-state index contributed by atoms with van der Waals surface area (Å²) in [5.41, 5.74) is 0.630. The number of hydrogen-bond acceptors (Lipinski definition) is 8. The first-order chi connectivity index (χ1) is 16.5. The van der Waals surface area contributed by atoms with Gasteiger partial charge in [0.15, 0.2) is 11.0 Å². The average molecular weight is 481 g/mol. The maximum absolute atomic E-state index is 12.6. The average Bonchev–Trinajstić information content (AvgIpc) is 2.89. The van der Waals surface area contributed by atoms with Gasteiger partial charge in [-0.05, 0) is 36.4 Å². The lowest BCUT2D eigenvalue weighted by atomic mass is 9.99. The quantitative estimate of drug-likeness (QED) is 0.497. The predicted molar refractivity (Wildman–Crippen MR) is 125 cm³/mol. The lowest BCUT2D eigenvalue weighted by molar-refractivity contribution is -0.210. The standard InChI is InChI=1S/C26H24O7S/c27-21-16-32-26(34-20-14-8-3-9-15-20,17-31-24(29)18-10-4-1-5-11-18)23(28)22(21)33-25(30)19-12-6-2-7-13-19/h1-15,21-23,27-28H,16-17H2/t21-,22-,23+,26+/m1/s1. The van der Waals surface area contributed by atoms with Crippen molar-refractivity contribution in [1.29, 1.82) is 0 Å². The third-order valence-electron chi connectivity index (χ3n) is 5.34. The number of esters is 2. The molecule has 0 amide bonds. The van der Waals surface area contributed by atoms with Gasteiger partial charge in [0.2, 0.25) is 0 Å². The van der Waals surface area contributed by atoms with E-state index in [9.17, 15) is 19.8 Å². The Morgan fingerprint density at radius 3 is 1.97 bits per heavy atom. The molecule has 0 unspecified atom stereocenters. The Labute approximate surface area is 201 Å². The molecule has 0 aromatic heterocycles. The zero-order chi connectivity index (χ0) is 24.0. The molecule has 2 N–H and O–H groups in total. The van der Waals surface area contributed by atoms with Gasteiger partial charge in [0.1, 0.15) is 18.8 Å². The molecule has 0 spiro atoms. The van der Waals surface area contributed by atoms with Crippen molar-refractivity contribution in [2.24, 2.45) is 0 Å². The molecule has 3 aromatic carbocycles. The Morgan fingerprint density at radius 1 is 0.853 bits per heavy atom. The molecule has 0 radical (unpaired) electrons. The number of carbonyl (C=O) groups excluding carboxylic acids is 2. The van der Waals surface area contributed by atoms with E-state index in [0.717, 1.165) is 16.7 Å². The largest absolute Gasteiger partial charge is 0.458 e. The molecule has 34 heavy (non-hydrogen) atoms. The topological polar surface area (TPSA) is 102 Å². The molecular formula is C26H24O7S. The molecule has 7 nitrogen and oxygen atoms in total. The summed E-state index contributed by atoms with van der Waals surface area (Å²) < 4.78 is 16.9. The lowest BCUT2D eigenvalue weighted by Crippen LogP contribution is -2.62. The van der Waals surface area contributed by atoms with Crippen LogP contribution in [0.15, 0.2) is 95.9 Å². The molecule has 8 heteroatoms. The predicted octanol–water partition coefficient (Wildman–Crippen LogP) is 3.31. The van der Waals surface area contributed by atoms with E-state index >= 15 is 0 Å². The number of carbonyl (C=O) groups is 2. The number of hydrogen-bond donors (Lipinski definition) is 2. The molecule has 4 atom stereocenters. The van der Waals surface area contributed by atoms with Gasteiger partial charge in [-0.2, -0.15) is 0 Å². The monoisotopic (exact) mass is 480 g/mol. The highest BCUT2D eigenvalue weighted by molar-refractivity contribution is 8.00. The molecular weight excluding hydrogens is 456 g/mol. The van der Waals surface area contributed by atoms with E-state index in [4.69, 9.17) is 14.2 Å². The summed E-state index contributed by atoms with van der Waals surface area (Å²) in [7, 11) is 0. The lowest BCUT2D eigenvalue weighted by Gasteiger charge is -2.45. The SMILES string of the molecule is O=C(OC[C@@]1(Sc2ccccc2)OC[C@@H](O)[C@@H](OC(=O)c2ccccc2)[C@@H]1O)c1ccccc1. The molecule has 1 heterocycles. The van der Waals surface area contributed by atoms with Gasteiger partial charge in [0.05, 0.1) is 17.7 Å². The molecule has 0 bridgehead atoms. The highest BCUT2D eigenvalue weighted by atomic mass is 32.2. The number of thioether (sulfide) groups is 1. The molecule has 1 fully saturated rings. The van der Waals surface area contributed by atoms with Crippen molar-refractivity contribution in [3.63, 3.8) is 0 Å². The fourth-order valence-electron chi connectivity index (χ4n) is 3.53. The summed E-state index contributed by atoms with van der Waals surface area (Å²) in [5.74, 6) is -1.28. The van der Waals surface area contributed by atoms with Gasteiger partial charge in [0, 0.05) is 4.90 Å². The maximum Gasteiger partial charge on any atom is 0.338 e. The van der Waals surface area contributed by atoms with Crippen LogP contribution in [0.2, 0.25) is 0 Å². The van der Waals surface area contributed by atoms with E-state index in [0.29, 0.717) is 5.56 Å². The van der Waals surface area contributed by atoms with E-state index < -0.39 is 35.2 Å².